The van der Waals surface area contributed by atoms with Crippen LogP contribution in [0, 0.1) is 13.8 Å². The SMILES string of the molecule is Cc1cc(N2CCC(Nc3nc(-c4ccccc4)ns3)CC2)nc(C)n1. The van der Waals surface area contributed by atoms with E-state index < -0.39 is 0 Å². The number of hydrogen-bond donors (Lipinski definition) is 1. The fraction of sp³-hybridized carbons (Fsp3) is 0.368. The summed E-state index contributed by atoms with van der Waals surface area (Å²) < 4.78 is 4.47. The van der Waals surface area contributed by atoms with Gasteiger partial charge in [0.05, 0.1) is 0 Å². The average Bonchev–Trinajstić information content (AvgIpc) is 3.11. The number of aromatic nitrogens is 4. The Morgan fingerprint density at radius 2 is 1.81 bits per heavy atom. The van der Waals surface area contributed by atoms with Crippen LogP contribution in [0.25, 0.3) is 11.4 Å². The molecular formula is C19H22N6S. The summed E-state index contributed by atoms with van der Waals surface area (Å²) in [5.41, 5.74) is 2.08. The Morgan fingerprint density at radius 1 is 1.04 bits per heavy atom. The monoisotopic (exact) mass is 366 g/mol. The lowest BCUT2D eigenvalue weighted by molar-refractivity contribution is 0.522. The second-order valence-corrected chi connectivity index (χ2v) is 7.36. The standard InChI is InChI=1S/C19H22N6S/c1-13-12-17(21-14(2)20-13)25-10-8-16(9-11-25)22-19-23-18(24-26-19)15-6-4-3-5-7-15/h3-7,12,16H,8-11H2,1-2H3,(H,22,23,24). The number of anilines is 2. The van der Waals surface area contributed by atoms with Gasteiger partial charge in [0, 0.05) is 48.0 Å². The summed E-state index contributed by atoms with van der Waals surface area (Å²) in [6.45, 7) is 5.94. The van der Waals surface area contributed by atoms with E-state index in [9.17, 15) is 0 Å². The van der Waals surface area contributed by atoms with Crippen LogP contribution in [0.4, 0.5) is 10.9 Å². The van der Waals surface area contributed by atoms with Crippen molar-refractivity contribution in [2.24, 2.45) is 0 Å². The van der Waals surface area contributed by atoms with Crippen molar-refractivity contribution in [3.05, 3.63) is 47.9 Å². The first-order chi connectivity index (χ1) is 12.7. The van der Waals surface area contributed by atoms with Crippen LogP contribution in [0.15, 0.2) is 36.4 Å². The lowest BCUT2D eigenvalue weighted by Gasteiger charge is -2.33. The van der Waals surface area contributed by atoms with E-state index in [-0.39, 0.29) is 0 Å². The van der Waals surface area contributed by atoms with E-state index in [1.54, 1.807) is 0 Å². The van der Waals surface area contributed by atoms with Gasteiger partial charge in [-0.1, -0.05) is 30.3 Å². The Bertz CT molecular complexity index is 850. The van der Waals surface area contributed by atoms with Crippen LogP contribution >= 0.6 is 11.5 Å². The second kappa shape index (κ2) is 7.37. The number of nitrogens with one attached hydrogen (secondary N) is 1. The Morgan fingerprint density at radius 3 is 2.54 bits per heavy atom. The van der Waals surface area contributed by atoms with E-state index in [2.05, 4.69) is 35.6 Å². The van der Waals surface area contributed by atoms with Crippen LogP contribution in [-0.2, 0) is 0 Å². The largest absolute Gasteiger partial charge is 0.357 e. The minimum atomic E-state index is 0.423. The molecule has 0 saturated carbocycles. The van der Waals surface area contributed by atoms with Gasteiger partial charge in [-0.05, 0) is 26.7 Å². The molecule has 1 N–H and O–H groups in total. The Labute approximate surface area is 157 Å². The van der Waals surface area contributed by atoms with E-state index in [0.29, 0.717) is 6.04 Å². The van der Waals surface area contributed by atoms with Gasteiger partial charge in [-0.15, -0.1) is 0 Å². The van der Waals surface area contributed by atoms with Crippen LogP contribution in [0.3, 0.4) is 0 Å². The van der Waals surface area contributed by atoms with E-state index in [1.165, 1.54) is 11.5 Å². The molecule has 0 unspecified atom stereocenters. The summed E-state index contributed by atoms with van der Waals surface area (Å²) >= 11 is 1.43. The molecule has 0 atom stereocenters. The minimum Gasteiger partial charge on any atom is -0.357 e. The topological polar surface area (TPSA) is 66.8 Å². The van der Waals surface area contributed by atoms with Crippen molar-refractivity contribution in [1.82, 2.24) is 19.3 Å². The first-order valence-electron chi connectivity index (χ1n) is 8.90. The summed E-state index contributed by atoms with van der Waals surface area (Å²) in [5, 5.41) is 4.45. The van der Waals surface area contributed by atoms with Crippen LogP contribution in [-0.4, -0.2) is 38.5 Å². The third-order valence-corrected chi connectivity index (χ3v) is 5.20. The number of nitrogens with zero attached hydrogens (tertiary/aromatic N) is 5. The van der Waals surface area contributed by atoms with Gasteiger partial charge in [-0.25, -0.2) is 9.97 Å². The number of hydrogen-bond acceptors (Lipinski definition) is 7. The first-order valence-corrected chi connectivity index (χ1v) is 9.67. The smallest absolute Gasteiger partial charge is 0.203 e. The molecule has 26 heavy (non-hydrogen) atoms. The zero-order valence-corrected chi connectivity index (χ0v) is 15.8. The zero-order chi connectivity index (χ0) is 17.9. The molecule has 0 amide bonds. The van der Waals surface area contributed by atoms with Crippen molar-refractivity contribution in [1.29, 1.82) is 0 Å². The molecule has 0 radical (unpaired) electrons. The molecule has 1 aliphatic heterocycles. The van der Waals surface area contributed by atoms with Gasteiger partial charge in [0.25, 0.3) is 0 Å². The number of aryl methyl sites for hydroxylation is 2. The van der Waals surface area contributed by atoms with Crippen LogP contribution in [0.2, 0.25) is 0 Å². The second-order valence-electron chi connectivity index (χ2n) is 6.61. The highest BCUT2D eigenvalue weighted by molar-refractivity contribution is 7.09. The molecule has 7 heteroatoms. The van der Waals surface area contributed by atoms with Gasteiger partial charge in [-0.3, -0.25) is 0 Å². The highest BCUT2D eigenvalue weighted by atomic mass is 32.1. The van der Waals surface area contributed by atoms with Crippen molar-refractivity contribution >= 4 is 22.5 Å². The molecule has 0 bridgehead atoms. The maximum atomic E-state index is 4.64. The van der Waals surface area contributed by atoms with E-state index in [4.69, 9.17) is 0 Å². The Balaban J connectivity index is 1.36. The van der Waals surface area contributed by atoms with Crippen LogP contribution in [0.1, 0.15) is 24.4 Å². The maximum Gasteiger partial charge on any atom is 0.203 e. The van der Waals surface area contributed by atoms with E-state index in [1.807, 2.05) is 44.2 Å². The highest BCUT2D eigenvalue weighted by Crippen LogP contribution is 2.24. The lowest BCUT2D eigenvalue weighted by atomic mass is 10.1. The third kappa shape index (κ3) is 3.83. The van der Waals surface area contributed by atoms with E-state index >= 15 is 0 Å². The molecule has 1 aliphatic rings. The van der Waals surface area contributed by atoms with Gasteiger partial charge in [0.2, 0.25) is 5.13 Å². The summed E-state index contributed by atoms with van der Waals surface area (Å²) in [7, 11) is 0. The van der Waals surface area contributed by atoms with E-state index in [0.717, 1.165) is 59.8 Å². The molecule has 0 spiro atoms. The minimum absolute atomic E-state index is 0.423. The summed E-state index contributed by atoms with van der Waals surface area (Å²) in [6, 6.07) is 12.6. The predicted octanol–water partition coefficient (Wildman–Crippen LogP) is 3.69. The molecule has 3 heterocycles. The maximum absolute atomic E-state index is 4.64. The summed E-state index contributed by atoms with van der Waals surface area (Å²) in [6.07, 6.45) is 2.12. The zero-order valence-electron chi connectivity index (χ0n) is 15.0. The van der Waals surface area contributed by atoms with Crippen molar-refractivity contribution < 1.29 is 0 Å². The Hall–Kier alpha value is -2.54. The fourth-order valence-electron chi connectivity index (χ4n) is 3.27. The molecule has 0 aliphatic carbocycles. The molecule has 1 fully saturated rings. The van der Waals surface area contributed by atoms with Crippen molar-refractivity contribution in [2.45, 2.75) is 32.7 Å². The lowest BCUT2D eigenvalue weighted by Crippen LogP contribution is -2.39. The molecule has 1 aromatic carbocycles. The van der Waals surface area contributed by atoms with Crippen molar-refractivity contribution in [3.8, 4) is 11.4 Å². The van der Waals surface area contributed by atoms with Crippen molar-refractivity contribution in [2.75, 3.05) is 23.3 Å². The van der Waals surface area contributed by atoms with Gasteiger partial charge in [0.15, 0.2) is 5.82 Å². The fourth-order valence-corrected chi connectivity index (χ4v) is 3.94. The summed E-state index contributed by atoms with van der Waals surface area (Å²) in [5.74, 6) is 2.67. The average molecular weight is 366 g/mol. The first kappa shape index (κ1) is 16.9. The molecular weight excluding hydrogens is 344 g/mol. The molecule has 6 nitrogen and oxygen atoms in total. The molecule has 3 aromatic rings. The molecule has 2 aromatic heterocycles. The third-order valence-electron chi connectivity index (χ3n) is 4.56. The van der Waals surface area contributed by atoms with Crippen molar-refractivity contribution in [3.63, 3.8) is 0 Å². The predicted molar refractivity (Wildman–Crippen MR) is 106 cm³/mol. The number of rotatable bonds is 4. The van der Waals surface area contributed by atoms with Gasteiger partial charge in [-0.2, -0.15) is 9.36 Å². The van der Waals surface area contributed by atoms with Gasteiger partial charge < -0.3 is 10.2 Å². The molecule has 134 valence electrons. The number of benzene rings is 1. The Kier molecular flexibility index (Phi) is 4.79. The molecule has 1 saturated heterocycles. The van der Waals surface area contributed by atoms with Gasteiger partial charge >= 0.3 is 0 Å². The molecule has 4 rings (SSSR count). The normalized spacial score (nSPS) is 15.2. The van der Waals surface area contributed by atoms with Crippen LogP contribution < -0.4 is 10.2 Å². The van der Waals surface area contributed by atoms with Gasteiger partial charge in [0.1, 0.15) is 11.6 Å². The summed E-state index contributed by atoms with van der Waals surface area (Å²) in [4.78, 5) is 15.9. The van der Waals surface area contributed by atoms with Crippen LogP contribution in [0.5, 0.6) is 0 Å². The quantitative estimate of drug-likeness (QED) is 0.759. The number of piperidine rings is 1. The highest BCUT2D eigenvalue weighted by Gasteiger charge is 2.21.